The predicted molar refractivity (Wildman–Crippen MR) is 40.5 cm³/mol. The third-order valence-electron chi connectivity index (χ3n) is 2.41. The summed E-state index contributed by atoms with van der Waals surface area (Å²) in [4.78, 5) is 0. The largest absolute Gasteiger partial charge is 0.319 e. The van der Waals surface area contributed by atoms with Gasteiger partial charge in [-0.15, -0.1) is 0 Å². The molecule has 0 heterocycles. The molecule has 0 unspecified atom stereocenters. The summed E-state index contributed by atoms with van der Waals surface area (Å²) in [6.45, 7) is 3.59. The van der Waals surface area contributed by atoms with E-state index in [1.165, 1.54) is 32.2 Å². The van der Waals surface area contributed by atoms with Crippen molar-refractivity contribution in [3.63, 3.8) is 0 Å². The predicted octanol–water partition coefficient (Wildman–Crippen LogP) is 1.79. The standard InChI is InChI=1S/C8H17N/c1-8(7-9-2)5-3-4-6-8/h9H,3-7H2,1-2H3. The van der Waals surface area contributed by atoms with E-state index in [0.29, 0.717) is 5.41 Å². The topological polar surface area (TPSA) is 12.0 Å². The Morgan fingerprint density at radius 3 is 2.33 bits per heavy atom. The maximum atomic E-state index is 3.25. The lowest BCUT2D eigenvalue weighted by atomic mass is 9.89. The Morgan fingerprint density at radius 1 is 1.33 bits per heavy atom. The van der Waals surface area contributed by atoms with Gasteiger partial charge in [-0.05, 0) is 25.3 Å². The summed E-state index contributed by atoms with van der Waals surface area (Å²) in [6.07, 6.45) is 5.73. The average molecular weight is 127 g/mol. The smallest absolute Gasteiger partial charge is 0.000216 e. The molecule has 1 aliphatic carbocycles. The van der Waals surface area contributed by atoms with Gasteiger partial charge < -0.3 is 5.32 Å². The van der Waals surface area contributed by atoms with Gasteiger partial charge in [-0.3, -0.25) is 0 Å². The molecule has 0 saturated heterocycles. The number of hydrogen-bond acceptors (Lipinski definition) is 1. The summed E-state index contributed by atoms with van der Waals surface area (Å²) in [5.41, 5.74) is 0.634. The molecule has 1 nitrogen and oxygen atoms in total. The molecular weight excluding hydrogens is 110 g/mol. The number of nitrogens with one attached hydrogen (secondary N) is 1. The van der Waals surface area contributed by atoms with Gasteiger partial charge in [-0.1, -0.05) is 19.8 Å². The summed E-state index contributed by atoms with van der Waals surface area (Å²) >= 11 is 0. The lowest BCUT2D eigenvalue weighted by molar-refractivity contribution is 0.325. The first kappa shape index (κ1) is 7.07. The zero-order chi connectivity index (χ0) is 6.74. The van der Waals surface area contributed by atoms with Gasteiger partial charge in [0.05, 0.1) is 0 Å². The van der Waals surface area contributed by atoms with Crippen LogP contribution in [0.3, 0.4) is 0 Å². The van der Waals surface area contributed by atoms with E-state index in [4.69, 9.17) is 0 Å². The molecule has 0 aromatic rings. The summed E-state index contributed by atoms with van der Waals surface area (Å²) in [7, 11) is 2.05. The fourth-order valence-electron chi connectivity index (χ4n) is 1.83. The monoisotopic (exact) mass is 127 g/mol. The van der Waals surface area contributed by atoms with Crippen molar-refractivity contribution < 1.29 is 0 Å². The highest BCUT2D eigenvalue weighted by atomic mass is 14.8. The van der Waals surface area contributed by atoms with Crippen LogP contribution in [0.1, 0.15) is 32.6 Å². The maximum Gasteiger partial charge on any atom is 0.000216 e. The second-order valence-corrected chi connectivity index (χ2v) is 3.55. The second-order valence-electron chi connectivity index (χ2n) is 3.55. The quantitative estimate of drug-likeness (QED) is 0.596. The molecule has 1 aliphatic rings. The molecule has 0 amide bonds. The molecule has 0 atom stereocenters. The molecule has 0 radical (unpaired) electrons. The first-order valence-corrected chi connectivity index (χ1v) is 3.91. The van der Waals surface area contributed by atoms with Crippen molar-refractivity contribution in [2.24, 2.45) is 5.41 Å². The van der Waals surface area contributed by atoms with E-state index in [0.717, 1.165) is 0 Å². The molecule has 0 aliphatic heterocycles. The molecule has 1 saturated carbocycles. The minimum absolute atomic E-state index is 0.634. The molecule has 0 spiro atoms. The third-order valence-corrected chi connectivity index (χ3v) is 2.41. The Hall–Kier alpha value is -0.0400. The van der Waals surface area contributed by atoms with Crippen LogP contribution in [0, 0.1) is 5.41 Å². The highest BCUT2D eigenvalue weighted by Crippen LogP contribution is 2.36. The fourth-order valence-corrected chi connectivity index (χ4v) is 1.83. The van der Waals surface area contributed by atoms with Crippen molar-refractivity contribution in [3.8, 4) is 0 Å². The van der Waals surface area contributed by atoms with Crippen molar-refractivity contribution in [1.29, 1.82) is 0 Å². The maximum absolute atomic E-state index is 3.25. The highest BCUT2D eigenvalue weighted by Gasteiger charge is 2.27. The number of hydrogen-bond donors (Lipinski definition) is 1. The van der Waals surface area contributed by atoms with Crippen LogP contribution in [-0.4, -0.2) is 13.6 Å². The Kier molecular flexibility index (Phi) is 2.12. The van der Waals surface area contributed by atoms with Gasteiger partial charge in [0.1, 0.15) is 0 Å². The molecule has 1 fully saturated rings. The Balaban J connectivity index is 2.32. The van der Waals surface area contributed by atoms with Gasteiger partial charge in [0.15, 0.2) is 0 Å². The van der Waals surface area contributed by atoms with E-state index in [1.807, 2.05) is 7.05 Å². The highest BCUT2D eigenvalue weighted by molar-refractivity contribution is 4.81. The van der Waals surface area contributed by atoms with E-state index in [9.17, 15) is 0 Å². The summed E-state index contributed by atoms with van der Waals surface area (Å²) < 4.78 is 0. The van der Waals surface area contributed by atoms with Gasteiger partial charge in [0, 0.05) is 6.54 Å². The van der Waals surface area contributed by atoms with Crippen LogP contribution in [0.2, 0.25) is 0 Å². The molecule has 0 bridgehead atoms. The van der Waals surface area contributed by atoms with E-state index < -0.39 is 0 Å². The molecule has 0 aromatic heterocycles. The van der Waals surface area contributed by atoms with Crippen LogP contribution < -0.4 is 5.32 Å². The Morgan fingerprint density at radius 2 is 1.89 bits per heavy atom. The fraction of sp³-hybridized carbons (Fsp3) is 1.00. The number of rotatable bonds is 2. The molecule has 1 heteroatoms. The molecule has 0 aromatic carbocycles. The van der Waals surface area contributed by atoms with E-state index in [-0.39, 0.29) is 0 Å². The lowest BCUT2D eigenvalue weighted by Gasteiger charge is -2.22. The van der Waals surface area contributed by atoms with E-state index >= 15 is 0 Å². The van der Waals surface area contributed by atoms with Crippen molar-refractivity contribution >= 4 is 0 Å². The minimum atomic E-state index is 0.634. The lowest BCUT2D eigenvalue weighted by Crippen LogP contribution is -2.26. The summed E-state index contributed by atoms with van der Waals surface area (Å²) in [5.74, 6) is 0. The van der Waals surface area contributed by atoms with Gasteiger partial charge in [0.2, 0.25) is 0 Å². The Bertz CT molecular complexity index is 82.6. The van der Waals surface area contributed by atoms with Crippen LogP contribution in [-0.2, 0) is 0 Å². The Labute approximate surface area is 57.8 Å². The second kappa shape index (κ2) is 2.70. The summed E-state index contributed by atoms with van der Waals surface area (Å²) in [6, 6.07) is 0. The molecule has 9 heavy (non-hydrogen) atoms. The van der Waals surface area contributed by atoms with Crippen LogP contribution in [0.4, 0.5) is 0 Å². The first-order valence-electron chi connectivity index (χ1n) is 3.91. The van der Waals surface area contributed by atoms with Gasteiger partial charge >= 0.3 is 0 Å². The van der Waals surface area contributed by atoms with Crippen molar-refractivity contribution in [2.75, 3.05) is 13.6 Å². The third kappa shape index (κ3) is 1.68. The van der Waals surface area contributed by atoms with Crippen molar-refractivity contribution in [3.05, 3.63) is 0 Å². The summed E-state index contributed by atoms with van der Waals surface area (Å²) in [5, 5.41) is 3.25. The van der Waals surface area contributed by atoms with Crippen molar-refractivity contribution in [1.82, 2.24) is 5.32 Å². The average Bonchev–Trinajstić information content (AvgIpc) is 2.16. The molecular formula is C8H17N. The minimum Gasteiger partial charge on any atom is -0.319 e. The van der Waals surface area contributed by atoms with E-state index in [1.54, 1.807) is 0 Å². The zero-order valence-electron chi connectivity index (χ0n) is 6.54. The van der Waals surface area contributed by atoms with Crippen LogP contribution in [0.5, 0.6) is 0 Å². The van der Waals surface area contributed by atoms with Gasteiger partial charge in [-0.25, -0.2) is 0 Å². The molecule has 1 rings (SSSR count). The van der Waals surface area contributed by atoms with Crippen molar-refractivity contribution in [2.45, 2.75) is 32.6 Å². The zero-order valence-corrected chi connectivity index (χ0v) is 6.54. The van der Waals surface area contributed by atoms with Gasteiger partial charge in [0.25, 0.3) is 0 Å². The van der Waals surface area contributed by atoms with Crippen LogP contribution in [0.25, 0.3) is 0 Å². The van der Waals surface area contributed by atoms with Crippen LogP contribution >= 0.6 is 0 Å². The normalized spacial score (nSPS) is 24.7. The SMILES string of the molecule is CNCC1(C)CCCC1. The van der Waals surface area contributed by atoms with Crippen LogP contribution in [0.15, 0.2) is 0 Å². The van der Waals surface area contributed by atoms with Gasteiger partial charge in [-0.2, -0.15) is 0 Å². The molecule has 1 N–H and O–H groups in total. The van der Waals surface area contributed by atoms with E-state index in [2.05, 4.69) is 12.2 Å². The first-order chi connectivity index (χ1) is 4.27. The molecule has 54 valence electrons.